The van der Waals surface area contributed by atoms with Gasteiger partial charge in [0, 0.05) is 26.2 Å². The van der Waals surface area contributed by atoms with E-state index in [-0.39, 0.29) is 18.5 Å². The molecule has 115 valence electrons. The summed E-state index contributed by atoms with van der Waals surface area (Å²) in [5.41, 5.74) is 0.791. The van der Waals surface area contributed by atoms with Crippen molar-refractivity contribution in [2.45, 2.75) is 19.4 Å². The molecule has 21 heavy (non-hydrogen) atoms. The zero-order chi connectivity index (χ0) is 15.1. The number of piperazine rings is 1. The van der Waals surface area contributed by atoms with Crippen molar-refractivity contribution in [3.63, 3.8) is 0 Å². The molecule has 0 unspecified atom stereocenters. The fraction of sp³-hybridized carbons (Fsp3) is 0.500. The highest BCUT2D eigenvalue weighted by molar-refractivity contribution is 5.67. The lowest BCUT2D eigenvalue weighted by Gasteiger charge is -2.34. The standard InChI is InChI=1S/C16H22FN2O2/c1-2-3-8-18-9-11-19(12-10-18)16(20)21-13-14-4-6-15(17)7-5-14/h4-7H,1-3,8-13H2. The SMILES string of the molecule is [CH2]CCCN1CCN(C(=O)OCc2ccc(F)cc2)CC1. The van der Waals surface area contributed by atoms with E-state index in [0.29, 0.717) is 13.1 Å². The predicted molar refractivity (Wildman–Crippen MR) is 79.2 cm³/mol. The summed E-state index contributed by atoms with van der Waals surface area (Å²) >= 11 is 0. The number of carbonyl (C=O) groups is 1. The van der Waals surface area contributed by atoms with Crippen molar-refractivity contribution in [1.29, 1.82) is 0 Å². The summed E-state index contributed by atoms with van der Waals surface area (Å²) < 4.78 is 18.0. The van der Waals surface area contributed by atoms with Crippen LogP contribution >= 0.6 is 0 Å². The Hall–Kier alpha value is -1.62. The van der Waals surface area contributed by atoms with Gasteiger partial charge in [0.05, 0.1) is 0 Å². The van der Waals surface area contributed by atoms with Gasteiger partial charge in [-0.1, -0.05) is 25.5 Å². The van der Waals surface area contributed by atoms with E-state index in [4.69, 9.17) is 4.74 Å². The number of rotatable bonds is 5. The van der Waals surface area contributed by atoms with E-state index >= 15 is 0 Å². The first-order chi connectivity index (χ1) is 10.2. The molecular formula is C16H22FN2O2. The summed E-state index contributed by atoms with van der Waals surface area (Å²) in [6.45, 7) is 8.21. The van der Waals surface area contributed by atoms with Crippen molar-refractivity contribution in [2.24, 2.45) is 0 Å². The number of carbonyl (C=O) groups excluding carboxylic acids is 1. The Morgan fingerprint density at radius 3 is 2.48 bits per heavy atom. The molecule has 0 bridgehead atoms. The highest BCUT2D eigenvalue weighted by atomic mass is 19.1. The number of halogens is 1. The van der Waals surface area contributed by atoms with Crippen LogP contribution in [0.5, 0.6) is 0 Å². The van der Waals surface area contributed by atoms with Crippen LogP contribution < -0.4 is 0 Å². The Morgan fingerprint density at radius 2 is 1.86 bits per heavy atom. The molecule has 1 aromatic rings. The molecule has 1 fully saturated rings. The number of hydrogen-bond donors (Lipinski definition) is 0. The van der Waals surface area contributed by atoms with Gasteiger partial charge >= 0.3 is 6.09 Å². The average molecular weight is 293 g/mol. The molecule has 0 atom stereocenters. The van der Waals surface area contributed by atoms with Gasteiger partial charge in [0.25, 0.3) is 0 Å². The summed E-state index contributed by atoms with van der Waals surface area (Å²) in [4.78, 5) is 16.0. The Bertz CT molecular complexity index is 442. The van der Waals surface area contributed by atoms with Gasteiger partial charge in [0.2, 0.25) is 0 Å². The Balaban J connectivity index is 1.71. The lowest BCUT2D eigenvalue weighted by atomic mass is 10.2. The van der Waals surface area contributed by atoms with Gasteiger partial charge < -0.3 is 9.64 Å². The molecular weight excluding hydrogens is 271 g/mol. The second-order valence-corrected chi connectivity index (χ2v) is 5.22. The molecule has 0 N–H and O–H groups in total. The molecule has 5 heteroatoms. The lowest BCUT2D eigenvalue weighted by Crippen LogP contribution is -2.48. The molecule has 1 heterocycles. The van der Waals surface area contributed by atoms with Crippen molar-refractivity contribution < 1.29 is 13.9 Å². The van der Waals surface area contributed by atoms with E-state index in [9.17, 15) is 9.18 Å². The van der Waals surface area contributed by atoms with Crippen molar-refractivity contribution in [1.82, 2.24) is 9.80 Å². The van der Waals surface area contributed by atoms with Crippen LogP contribution in [0.3, 0.4) is 0 Å². The summed E-state index contributed by atoms with van der Waals surface area (Å²) in [6.07, 6.45) is 1.74. The van der Waals surface area contributed by atoms with Crippen LogP contribution in [0.4, 0.5) is 9.18 Å². The molecule has 2 rings (SSSR count). The van der Waals surface area contributed by atoms with Crippen LogP contribution in [0.15, 0.2) is 24.3 Å². The van der Waals surface area contributed by atoms with Gasteiger partial charge in [-0.15, -0.1) is 0 Å². The van der Waals surface area contributed by atoms with Gasteiger partial charge in [0.15, 0.2) is 0 Å². The zero-order valence-corrected chi connectivity index (χ0v) is 12.3. The topological polar surface area (TPSA) is 32.8 Å². The third kappa shape index (κ3) is 5.01. The van der Waals surface area contributed by atoms with Crippen LogP contribution in [0, 0.1) is 12.7 Å². The number of amides is 1. The zero-order valence-electron chi connectivity index (χ0n) is 12.3. The average Bonchev–Trinajstić information content (AvgIpc) is 2.52. The number of ether oxygens (including phenoxy) is 1. The number of unbranched alkanes of at least 4 members (excludes halogenated alkanes) is 1. The van der Waals surface area contributed by atoms with Crippen LogP contribution in [0.25, 0.3) is 0 Å². The Labute approximate surface area is 125 Å². The van der Waals surface area contributed by atoms with Gasteiger partial charge in [0.1, 0.15) is 12.4 Å². The molecule has 1 aromatic carbocycles. The quantitative estimate of drug-likeness (QED) is 0.837. The molecule has 1 aliphatic rings. The van der Waals surface area contributed by atoms with Crippen molar-refractivity contribution in [3.05, 3.63) is 42.6 Å². The first-order valence-electron chi connectivity index (χ1n) is 7.37. The van der Waals surface area contributed by atoms with E-state index in [0.717, 1.165) is 38.0 Å². The molecule has 1 amide bonds. The molecule has 0 saturated carbocycles. The first-order valence-corrected chi connectivity index (χ1v) is 7.37. The molecule has 0 spiro atoms. The van der Waals surface area contributed by atoms with Crippen LogP contribution in [-0.4, -0.2) is 48.6 Å². The second kappa shape index (κ2) is 7.98. The van der Waals surface area contributed by atoms with Gasteiger partial charge in [-0.05, 0) is 30.7 Å². The maximum Gasteiger partial charge on any atom is 0.410 e. The van der Waals surface area contributed by atoms with Crippen LogP contribution in [0.2, 0.25) is 0 Å². The van der Waals surface area contributed by atoms with Gasteiger partial charge in [-0.3, -0.25) is 4.90 Å². The molecule has 1 saturated heterocycles. The number of benzene rings is 1. The highest BCUT2D eigenvalue weighted by Crippen LogP contribution is 2.08. The normalized spacial score (nSPS) is 16.0. The molecule has 1 radical (unpaired) electrons. The second-order valence-electron chi connectivity index (χ2n) is 5.22. The molecule has 4 nitrogen and oxygen atoms in total. The van der Waals surface area contributed by atoms with E-state index in [2.05, 4.69) is 11.8 Å². The van der Waals surface area contributed by atoms with Crippen molar-refractivity contribution in [3.8, 4) is 0 Å². The van der Waals surface area contributed by atoms with Gasteiger partial charge in [-0.25, -0.2) is 9.18 Å². The van der Waals surface area contributed by atoms with E-state index < -0.39 is 0 Å². The maximum atomic E-state index is 12.8. The summed E-state index contributed by atoms with van der Waals surface area (Å²) in [5, 5.41) is 0. The summed E-state index contributed by atoms with van der Waals surface area (Å²) in [6, 6.07) is 5.98. The van der Waals surface area contributed by atoms with E-state index in [1.54, 1.807) is 17.0 Å². The van der Waals surface area contributed by atoms with E-state index in [1.807, 2.05) is 0 Å². The molecule has 1 aliphatic heterocycles. The summed E-state index contributed by atoms with van der Waals surface area (Å²) in [5.74, 6) is -0.288. The fourth-order valence-corrected chi connectivity index (χ4v) is 2.31. The minimum absolute atomic E-state index is 0.181. The first kappa shape index (κ1) is 15.8. The van der Waals surface area contributed by atoms with Crippen molar-refractivity contribution in [2.75, 3.05) is 32.7 Å². The minimum atomic E-state index is -0.295. The largest absolute Gasteiger partial charge is 0.445 e. The fourth-order valence-electron chi connectivity index (χ4n) is 2.31. The summed E-state index contributed by atoms with van der Waals surface area (Å²) in [7, 11) is 0. The third-order valence-corrected chi connectivity index (χ3v) is 3.63. The molecule has 0 aliphatic carbocycles. The predicted octanol–water partition coefficient (Wildman–Crippen LogP) is 2.69. The Kier molecular flexibility index (Phi) is 5.99. The number of hydrogen-bond acceptors (Lipinski definition) is 3. The van der Waals surface area contributed by atoms with Crippen LogP contribution in [0.1, 0.15) is 18.4 Å². The Morgan fingerprint density at radius 1 is 1.19 bits per heavy atom. The smallest absolute Gasteiger partial charge is 0.410 e. The maximum absolute atomic E-state index is 12.8. The third-order valence-electron chi connectivity index (χ3n) is 3.63. The van der Waals surface area contributed by atoms with E-state index in [1.165, 1.54) is 12.1 Å². The lowest BCUT2D eigenvalue weighted by molar-refractivity contribution is 0.0715. The monoisotopic (exact) mass is 293 g/mol. The van der Waals surface area contributed by atoms with Crippen LogP contribution in [-0.2, 0) is 11.3 Å². The highest BCUT2D eigenvalue weighted by Gasteiger charge is 2.21. The van der Waals surface area contributed by atoms with Gasteiger partial charge in [-0.2, -0.15) is 0 Å². The number of nitrogens with zero attached hydrogens (tertiary/aromatic N) is 2. The van der Waals surface area contributed by atoms with Crippen molar-refractivity contribution >= 4 is 6.09 Å². The molecule has 0 aromatic heterocycles. The minimum Gasteiger partial charge on any atom is -0.445 e.